The van der Waals surface area contributed by atoms with Crippen molar-refractivity contribution in [3.63, 3.8) is 0 Å². The minimum Gasteiger partial charge on any atom is -0.369 e. The molecule has 0 radical (unpaired) electrons. The second kappa shape index (κ2) is 9.91. The number of carbonyl (C=O) groups is 4. The third-order valence-electron chi connectivity index (χ3n) is 7.21. The normalized spacial score (nSPS) is 20.9. The summed E-state index contributed by atoms with van der Waals surface area (Å²) < 4.78 is 0. The van der Waals surface area contributed by atoms with E-state index in [-0.39, 0.29) is 36.6 Å². The van der Waals surface area contributed by atoms with Crippen molar-refractivity contribution >= 4 is 29.4 Å². The molecule has 5 amide bonds. The third kappa shape index (κ3) is 5.35. The number of primary amides is 1. The topological polar surface area (TPSA) is 125 Å². The molecule has 3 fully saturated rings. The molecule has 4 N–H and O–H groups in total. The van der Waals surface area contributed by atoms with Gasteiger partial charge in [0.2, 0.25) is 11.8 Å². The summed E-state index contributed by atoms with van der Waals surface area (Å²) in [5, 5.41) is 5.68. The average Bonchev–Trinajstić information content (AvgIpc) is 3.36. The Morgan fingerprint density at radius 3 is 2.36 bits per heavy atom. The van der Waals surface area contributed by atoms with Crippen molar-refractivity contribution < 1.29 is 19.2 Å². The highest BCUT2D eigenvalue weighted by molar-refractivity contribution is 6.07. The molecule has 1 spiro atoms. The SMILES string of the molecule is NC(=O)C1CCN(CCc2ccc(NC(=O)CCN3C(=O)NC4(CCCC4)C3=O)cc2)CC1. The highest BCUT2D eigenvalue weighted by Crippen LogP contribution is 2.35. The van der Waals surface area contributed by atoms with Gasteiger partial charge < -0.3 is 21.3 Å². The zero-order chi connectivity index (χ0) is 23.4. The van der Waals surface area contributed by atoms with Crippen LogP contribution in [-0.2, 0) is 20.8 Å². The molecule has 9 nitrogen and oxygen atoms in total. The van der Waals surface area contributed by atoms with Crippen LogP contribution in [0.5, 0.6) is 0 Å². The van der Waals surface area contributed by atoms with Crippen molar-refractivity contribution in [1.29, 1.82) is 0 Å². The van der Waals surface area contributed by atoms with Gasteiger partial charge in [-0.05, 0) is 62.9 Å². The average molecular weight is 456 g/mol. The monoisotopic (exact) mass is 455 g/mol. The van der Waals surface area contributed by atoms with E-state index in [0.717, 1.165) is 51.7 Å². The Hall–Kier alpha value is -2.94. The van der Waals surface area contributed by atoms with E-state index >= 15 is 0 Å². The van der Waals surface area contributed by atoms with Crippen molar-refractivity contribution in [2.45, 2.75) is 56.9 Å². The van der Waals surface area contributed by atoms with Gasteiger partial charge in [-0.25, -0.2) is 4.79 Å². The first kappa shape index (κ1) is 23.2. The number of hydrogen-bond donors (Lipinski definition) is 3. The van der Waals surface area contributed by atoms with Crippen LogP contribution in [0, 0.1) is 5.92 Å². The number of nitrogens with one attached hydrogen (secondary N) is 2. The zero-order valence-corrected chi connectivity index (χ0v) is 19.0. The molecular weight excluding hydrogens is 422 g/mol. The molecule has 0 aromatic heterocycles. The molecule has 1 saturated carbocycles. The fraction of sp³-hybridized carbons (Fsp3) is 0.583. The number of nitrogens with zero attached hydrogens (tertiary/aromatic N) is 2. The number of piperidine rings is 1. The molecule has 2 saturated heterocycles. The van der Waals surface area contributed by atoms with Crippen LogP contribution in [0.2, 0.25) is 0 Å². The summed E-state index contributed by atoms with van der Waals surface area (Å²) in [5.74, 6) is -0.611. The summed E-state index contributed by atoms with van der Waals surface area (Å²) in [6.45, 7) is 2.79. The first-order valence-electron chi connectivity index (χ1n) is 11.9. The van der Waals surface area contributed by atoms with Crippen molar-refractivity contribution in [2.24, 2.45) is 11.7 Å². The van der Waals surface area contributed by atoms with E-state index in [1.807, 2.05) is 24.3 Å². The molecule has 0 bridgehead atoms. The van der Waals surface area contributed by atoms with Crippen LogP contribution < -0.4 is 16.4 Å². The van der Waals surface area contributed by atoms with E-state index < -0.39 is 11.6 Å². The van der Waals surface area contributed by atoms with E-state index in [1.165, 1.54) is 10.5 Å². The standard InChI is InChI=1S/C24H33N5O4/c25-21(31)18-8-14-28(15-9-18)13-7-17-3-5-19(6-4-17)26-20(30)10-16-29-22(32)24(27-23(29)33)11-1-2-12-24/h3-6,18H,1-2,7-16H2,(H2,25,31)(H,26,30)(H,27,33). The predicted octanol–water partition coefficient (Wildman–Crippen LogP) is 1.62. The number of anilines is 1. The number of imide groups is 1. The largest absolute Gasteiger partial charge is 0.369 e. The van der Waals surface area contributed by atoms with E-state index in [2.05, 4.69) is 15.5 Å². The van der Waals surface area contributed by atoms with Crippen molar-refractivity contribution in [2.75, 3.05) is 31.5 Å². The number of hydrogen-bond acceptors (Lipinski definition) is 5. The first-order chi connectivity index (χ1) is 15.9. The van der Waals surface area contributed by atoms with Gasteiger partial charge >= 0.3 is 6.03 Å². The van der Waals surface area contributed by atoms with E-state index in [0.29, 0.717) is 18.5 Å². The minimum absolute atomic E-state index is 0.00550. The predicted molar refractivity (Wildman–Crippen MR) is 123 cm³/mol. The van der Waals surface area contributed by atoms with Crippen LogP contribution in [0.4, 0.5) is 10.5 Å². The second-order valence-corrected chi connectivity index (χ2v) is 9.44. The molecule has 2 heterocycles. The number of likely N-dealkylation sites (tertiary alicyclic amines) is 1. The van der Waals surface area contributed by atoms with Crippen LogP contribution in [0.25, 0.3) is 0 Å². The summed E-state index contributed by atoms with van der Waals surface area (Å²) in [4.78, 5) is 52.0. The lowest BCUT2D eigenvalue weighted by Gasteiger charge is -2.30. The van der Waals surface area contributed by atoms with Gasteiger partial charge in [0.05, 0.1) is 0 Å². The summed E-state index contributed by atoms with van der Waals surface area (Å²) in [5.41, 5.74) is 6.52. The Balaban J connectivity index is 1.19. The van der Waals surface area contributed by atoms with Crippen LogP contribution in [0.1, 0.15) is 50.5 Å². The Bertz CT molecular complexity index is 902. The van der Waals surface area contributed by atoms with Gasteiger partial charge in [-0.1, -0.05) is 25.0 Å². The molecule has 0 unspecified atom stereocenters. The maximum absolute atomic E-state index is 12.7. The Morgan fingerprint density at radius 1 is 1.06 bits per heavy atom. The molecule has 9 heteroatoms. The summed E-state index contributed by atoms with van der Waals surface area (Å²) in [7, 11) is 0. The summed E-state index contributed by atoms with van der Waals surface area (Å²) in [6.07, 6.45) is 5.84. The Labute approximate surface area is 194 Å². The van der Waals surface area contributed by atoms with E-state index in [1.54, 1.807) is 0 Å². The van der Waals surface area contributed by atoms with Crippen molar-refractivity contribution in [3.8, 4) is 0 Å². The number of nitrogens with two attached hydrogens (primary N) is 1. The Morgan fingerprint density at radius 2 is 1.73 bits per heavy atom. The van der Waals surface area contributed by atoms with E-state index in [4.69, 9.17) is 5.73 Å². The summed E-state index contributed by atoms with van der Waals surface area (Å²) in [6, 6.07) is 7.33. The number of urea groups is 1. The fourth-order valence-electron chi connectivity index (χ4n) is 5.12. The lowest BCUT2D eigenvalue weighted by atomic mass is 9.96. The molecule has 3 aliphatic rings. The molecule has 2 aliphatic heterocycles. The Kier molecular flexibility index (Phi) is 6.97. The lowest BCUT2D eigenvalue weighted by Crippen LogP contribution is -2.44. The van der Waals surface area contributed by atoms with Gasteiger partial charge in [0.15, 0.2) is 0 Å². The van der Waals surface area contributed by atoms with Crippen molar-refractivity contribution in [1.82, 2.24) is 15.1 Å². The zero-order valence-electron chi connectivity index (χ0n) is 19.0. The fourth-order valence-corrected chi connectivity index (χ4v) is 5.12. The van der Waals surface area contributed by atoms with Crippen LogP contribution >= 0.6 is 0 Å². The van der Waals surface area contributed by atoms with Gasteiger partial charge in [-0.15, -0.1) is 0 Å². The van der Waals surface area contributed by atoms with Gasteiger partial charge in [0.1, 0.15) is 5.54 Å². The molecule has 1 aromatic rings. The van der Waals surface area contributed by atoms with Crippen molar-refractivity contribution in [3.05, 3.63) is 29.8 Å². The van der Waals surface area contributed by atoms with Gasteiger partial charge in [0, 0.05) is 31.1 Å². The van der Waals surface area contributed by atoms with Crippen LogP contribution in [0.3, 0.4) is 0 Å². The third-order valence-corrected chi connectivity index (χ3v) is 7.21. The smallest absolute Gasteiger partial charge is 0.325 e. The number of benzene rings is 1. The molecular formula is C24H33N5O4. The van der Waals surface area contributed by atoms with E-state index in [9.17, 15) is 19.2 Å². The highest BCUT2D eigenvalue weighted by Gasteiger charge is 2.52. The lowest BCUT2D eigenvalue weighted by molar-refractivity contribution is -0.131. The molecule has 178 valence electrons. The van der Waals surface area contributed by atoms with Crippen LogP contribution in [0.15, 0.2) is 24.3 Å². The number of amides is 5. The maximum Gasteiger partial charge on any atom is 0.325 e. The second-order valence-electron chi connectivity index (χ2n) is 9.44. The molecule has 4 rings (SSSR count). The molecule has 0 atom stereocenters. The molecule has 1 aliphatic carbocycles. The maximum atomic E-state index is 12.7. The van der Waals surface area contributed by atoms with Crippen LogP contribution in [-0.4, -0.2) is 65.3 Å². The summed E-state index contributed by atoms with van der Waals surface area (Å²) >= 11 is 0. The highest BCUT2D eigenvalue weighted by atomic mass is 16.2. The first-order valence-corrected chi connectivity index (χ1v) is 11.9. The number of carbonyl (C=O) groups excluding carboxylic acids is 4. The van der Waals surface area contributed by atoms with Gasteiger partial charge in [-0.3, -0.25) is 19.3 Å². The minimum atomic E-state index is -0.735. The number of rotatable bonds is 8. The molecule has 33 heavy (non-hydrogen) atoms. The van der Waals surface area contributed by atoms with Gasteiger partial charge in [0.25, 0.3) is 5.91 Å². The molecule has 1 aromatic carbocycles. The quantitative estimate of drug-likeness (QED) is 0.514. The van der Waals surface area contributed by atoms with Gasteiger partial charge in [-0.2, -0.15) is 0 Å².